The molecule has 0 bridgehead atoms. The molecule has 1 aromatic rings. The highest BCUT2D eigenvalue weighted by Crippen LogP contribution is 2.42. The second-order valence-corrected chi connectivity index (χ2v) is 5.81. The fourth-order valence-electron chi connectivity index (χ4n) is 3.34. The number of piperazine rings is 1. The van der Waals surface area contributed by atoms with E-state index < -0.39 is 0 Å². The lowest BCUT2D eigenvalue weighted by Gasteiger charge is -2.43. The fraction of sp³-hybridized carbons (Fsp3) is 0.625. The number of nitrogens with zero attached hydrogens (tertiary/aromatic N) is 1. The standard InChI is InChI=1S/C16H23FN2O.2ClH/c1-20-13-5-6-14(15(17)11-13)16(12-3-2-4-12)19-9-7-18-8-10-19;;/h5-6,11-12,16,18H,2-4,7-10H2,1H3;2*1H/t16-;;/m0../s1. The minimum Gasteiger partial charge on any atom is -0.497 e. The zero-order chi connectivity index (χ0) is 13.9. The predicted molar refractivity (Wildman–Crippen MR) is 92.0 cm³/mol. The Morgan fingerprint density at radius 3 is 2.41 bits per heavy atom. The van der Waals surface area contributed by atoms with Crippen LogP contribution in [-0.4, -0.2) is 38.2 Å². The SMILES string of the molecule is COc1ccc([C@H](C2CCC2)N2CCNCC2)c(F)c1.Cl.Cl. The number of nitrogens with one attached hydrogen (secondary N) is 1. The van der Waals surface area contributed by atoms with Crippen molar-refractivity contribution in [2.45, 2.75) is 25.3 Å². The molecule has 1 saturated heterocycles. The molecule has 1 aromatic carbocycles. The van der Waals surface area contributed by atoms with Crippen LogP contribution in [0.1, 0.15) is 30.9 Å². The van der Waals surface area contributed by atoms with Gasteiger partial charge in [0.05, 0.1) is 7.11 Å². The third-order valence-electron chi connectivity index (χ3n) is 4.67. The van der Waals surface area contributed by atoms with Crippen LogP contribution in [0, 0.1) is 11.7 Å². The molecule has 1 atom stereocenters. The summed E-state index contributed by atoms with van der Waals surface area (Å²) in [5, 5.41) is 3.37. The molecule has 22 heavy (non-hydrogen) atoms. The van der Waals surface area contributed by atoms with Crippen molar-refractivity contribution in [3.05, 3.63) is 29.6 Å². The molecule has 0 spiro atoms. The van der Waals surface area contributed by atoms with Crippen LogP contribution in [0.3, 0.4) is 0 Å². The van der Waals surface area contributed by atoms with Crippen LogP contribution in [0.5, 0.6) is 5.75 Å². The van der Waals surface area contributed by atoms with Crippen molar-refractivity contribution in [1.29, 1.82) is 0 Å². The van der Waals surface area contributed by atoms with Crippen molar-refractivity contribution < 1.29 is 9.13 Å². The molecule has 1 saturated carbocycles. The zero-order valence-electron chi connectivity index (χ0n) is 12.9. The monoisotopic (exact) mass is 350 g/mol. The summed E-state index contributed by atoms with van der Waals surface area (Å²) in [5.41, 5.74) is 0.845. The van der Waals surface area contributed by atoms with E-state index >= 15 is 0 Å². The lowest BCUT2D eigenvalue weighted by Crippen LogP contribution is -2.48. The molecule has 1 aliphatic heterocycles. The summed E-state index contributed by atoms with van der Waals surface area (Å²) in [6, 6.07) is 5.55. The molecule has 6 heteroatoms. The van der Waals surface area contributed by atoms with Gasteiger partial charge in [-0.05, 0) is 24.8 Å². The smallest absolute Gasteiger partial charge is 0.131 e. The Morgan fingerprint density at radius 2 is 1.91 bits per heavy atom. The van der Waals surface area contributed by atoms with Gasteiger partial charge in [-0.15, -0.1) is 24.8 Å². The molecule has 2 aliphatic rings. The molecule has 0 radical (unpaired) electrons. The van der Waals surface area contributed by atoms with Crippen LogP contribution in [0.15, 0.2) is 18.2 Å². The van der Waals surface area contributed by atoms with Gasteiger partial charge in [-0.3, -0.25) is 4.90 Å². The van der Waals surface area contributed by atoms with Gasteiger partial charge < -0.3 is 10.1 Å². The second kappa shape index (κ2) is 8.92. The maximum Gasteiger partial charge on any atom is 0.131 e. The van der Waals surface area contributed by atoms with E-state index in [0.717, 1.165) is 31.7 Å². The summed E-state index contributed by atoms with van der Waals surface area (Å²) in [6.45, 7) is 4.02. The summed E-state index contributed by atoms with van der Waals surface area (Å²) in [6.07, 6.45) is 3.73. The van der Waals surface area contributed by atoms with Gasteiger partial charge in [-0.2, -0.15) is 0 Å². The van der Waals surface area contributed by atoms with E-state index in [1.165, 1.54) is 25.3 Å². The highest BCUT2D eigenvalue weighted by Gasteiger charge is 2.35. The average Bonchev–Trinajstić information content (AvgIpc) is 2.44. The maximum absolute atomic E-state index is 14.4. The van der Waals surface area contributed by atoms with Crippen LogP contribution < -0.4 is 10.1 Å². The minimum absolute atomic E-state index is 0. The quantitative estimate of drug-likeness (QED) is 0.900. The van der Waals surface area contributed by atoms with Gasteiger partial charge in [0.1, 0.15) is 11.6 Å². The summed E-state index contributed by atoms with van der Waals surface area (Å²) in [5.74, 6) is 1.08. The van der Waals surface area contributed by atoms with E-state index in [0.29, 0.717) is 11.7 Å². The highest BCUT2D eigenvalue weighted by atomic mass is 35.5. The minimum atomic E-state index is -0.125. The van der Waals surface area contributed by atoms with Crippen LogP contribution in [0.4, 0.5) is 4.39 Å². The molecule has 1 N–H and O–H groups in total. The number of ether oxygens (including phenoxy) is 1. The van der Waals surface area contributed by atoms with E-state index in [4.69, 9.17) is 4.74 Å². The van der Waals surface area contributed by atoms with Crippen LogP contribution in [-0.2, 0) is 0 Å². The van der Waals surface area contributed by atoms with Gasteiger partial charge in [0.2, 0.25) is 0 Å². The van der Waals surface area contributed by atoms with Gasteiger partial charge in [-0.25, -0.2) is 4.39 Å². The van der Waals surface area contributed by atoms with Crippen molar-refractivity contribution in [1.82, 2.24) is 10.2 Å². The van der Waals surface area contributed by atoms with E-state index in [2.05, 4.69) is 10.2 Å². The Labute approximate surface area is 144 Å². The first-order valence-electron chi connectivity index (χ1n) is 7.58. The Kier molecular flexibility index (Phi) is 7.90. The van der Waals surface area contributed by atoms with E-state index in [-0.39, 0.29) is 36.7 Å². The number of rotatable bonds is 4. The number of benzene rings is 1. The van der Waals surface area contributed by atoms with E-state index in [1.807, 2.05) is 12.1 Å². The molecule has 1 aliphatic carbocycles. The number of halogens is 3. The van der Waals surface area contributed by atoms with Crippen molar-refractivity contribution >= 4 is 24.8 Å². The summed E-state index contributed by atoms with van der Waals surface area (Å²) in [4.78, 5) is 2.45. The van der Waals surface area contributed by atoms with Gasteiger partial charge in [-0.1, -0.05) is 12.5 Å². The molecule has 0 amide bonds. The zero-order valence-corrected chi connectivity index (χ0v) is 14.5. The van der Waals surface area contributed by atoms with Gasteiger partial charge in [0, 0.05) is 43.9 Å². The van der Waals surface area contributed by atoms with Gasteiger partial charge in [0.25, 0.3) is 0 Å². The topological polar surface area (TPSA) is 24.5 Å². The Balaban J connectivity index is 0.00000121. The van der Waals surface area contributed by atoms with Crippen molar-refractivity contribution in [3.63, 3.8) is 0 Å². The molecular weight excluding hydrogens is 326 g/mol. The first-order chi connectivity index (χ1) is 9.79. The first-order valence-corrected chi connectivity index (χ1v) is 7.58. The lowest BCUT2D eigenvalue weighted by molar-refractivity contribution is 0.0811. The third kappa shape index (κ3) is 4.05. The van der Waals surface area contributed by atoms with Gasteiger partial charge >= 0.3 is 0 Å². The molecule has 1 heterocycles. The number of methoxy groups -OCH3 is 1. The van der Waals surface area contributed by atoms with Crippen LogP contribution in [0.25, 0.3) is 0 Å². The normalized spacial score (nSPS) is 20.3. The van der Waals surface area contributed by atoms with Gasteiger partial charge in [0.15, 0.2) is 0 Å². The highest BCUT2D eigenvalue weighted by molar-refractivity contribution is 5.85. The first kappa shape index (κ1) is 19.5. The largest absolute Gasteiger partial charge is 0.497 e. The average molecular weight is 351 g/mol. The second-order valence-electron chi connectivity index (χ2n) is 5.81. The molecule has 0 aromatic heterocycles. The Hall–Kier alpha value is -0.550. The molecular formula is C16H25Cl2FN2O. The Morgan fingerprint density at radius 1 is 1.23 bits per heavy atom. The predicted octanol–water partition coefficient (Wildman–Crippen LogP) is 3.42. The molecule has 2 fully saturated rings. The van der Waals surface area contributed by atoms with Crippen LogP contribution in [0.2, 0.25) is 0 Å². The van der Waals surface area contributed by atoms with E-state index in [1.54, 1.807) is 7.11 Å². The molecule has 0 unspecified atom stereocenters. The number of hydrogen-bond acceptors (Lipinski definition) is 3. The van der Waals surface area contributed by atoms with Crippen LogP contribution >= 0.6 is 24.8 Å². The Bertz CT molecular complexity index is 465. The summed E-state index contributed by atoms with van der Waals surface area (Å²) in [7, 11) is 1.58. The van der Waals surface area contributed by atoms with Crippen molar-refractivity contribution in [2.24, 2.45) is 5.92 Å². The molecule has 126 valence electrons. The van der Waals surface area contributed by atoms with Crippen molar-refractivity contribution in [3.8, 4) is 5.75 Å². The lowest BCUT2D eigenvalue weighted by atomic mass is 9.76. The van der Waals surface area contributed by atoms with Crippen molar-refractivity contribution in [2.75, 3.05) is 33.3 Å². The number of hydrogen-bond donors (Lipinski definition) is 1. The van der Waals surface area contributed by atoms with E-state index in [9.17, 15) is 4.39 Å². The molecule has 3 nitrogen and oxygen atoms in total. The summed E-state index contributed by atoms with van der Waals surface area (Å²) >= 11 is 0. The maximum atomic E-state index is 14.4. The summed E-state index contributed by atoms with van der Waals surface area (Å²) < 4.78 is 19.6. The third-order valence-corrected chi connectivity index (χ3v) is 4.67. The molecule has 3 rings (SSSR count). The fourth-order valence-corrected chi connectivity index (χ4v) is 3.34.